The van der Waals surface area contributed by atoms with Gasteiger partial charge in [0.25, 0.3) is 0 Å². The van der Waals surface area contributed by atoms with Crippen LogP contribution in [0, 0.1) is 0 Å². The summed E-state index contributed by atoms with van der Waals surface area (Å²) in [5.74, 6) is 0.237. The third kappa shape index (κ3) is 5.59. The summed E-state index contributed by atoms with van der Waals surface area (Å²) in [6.07, 6.45) is 4.99. The summed E-state index contributed by atoms with van der Waals surface area (Å²) in [5, 5.41) is 0.751. The predicted octanol–water partition coefficient (Wildman–Crippen LogP) is 6.81. The third-order valence-corrected chi connectivity index (χ3v) is 6.13. The van der Waals surface area contributed by atoms with Gasteiger partial charge in [0, 0.05) is 23.6 Å². The number of hydrogen-bond donors (Lipinski definition) is 0. The number of aryl methyl sites for hydroxylation is 1. The van der Waals surface area contributed by atoms with Crippen molar-refractivity contribution in [3.63, 3.8) is 0 Å². The van der Waals surface area contributed by atoms with Gasteiger partial charge in [-0.25, -0.2) is 0 Å². The van der Waals surface area contributed by atoms with E-state index in [2.05, 4.69) is 41.3 Å². The van der Waals surface area contributed by atoms with Crippen molar-refractivity contribution < 1.29 is 4.79 Å². The quantitative estimate of drug-likeness (QED) is 0.375. The van der Waals surface area contributed by atoms with Gasteiger partial charge in [-0.3, -0.25) is 9.69 Å². The molecular weight excluding hydrogens is 390 g/mol. The van der Waals surface area contributed by atoms with Crippen LogP contribution in [0.15, 0.2) is 72.8 Å². The largest absolute Gasteiger partial charge is 0.299 e. The number of carbonyl (C=O) groups excluding carboxylic acids is 1. The lowest BCUT2D eigenvalue weighted by Gasteiger charge is -2.14. The molecule has 0 saturated carbocycles. The van der Waals surface area contributed by atoms with E-state index in [9.17, 15) is 4.79 Å². The Balaban J connectivity index is 1.25. The molecule has 0 spiro atoms. The van der Waals surface area contributed by atoms with E-state index >= 15 is 0 Å². The van der Waals surface area contributed by atoms with Crippen LogP contribution >= 0.6 is 11.6 Å². The monoisotopic (exact) mass is 417 g/mol. The molecule has 154 valence electrons. The molecule has 0 amide bonds. The molecular formula is C27H28ClNO. The van der Waals surface area contributed by atoms with Crippen molar-refractivity contribution in [2.24, 2.45) is 0 Å². The number of nitrogens with zero attached hydrogens (tertiary/aromatic N) is 1. The molecule has 0 aromatic heterocycles. The van der Waals surface area contributed by atoms with Gasteiger partial charge < -0.3 is 0 Å². The SMILES string of the molecule is O=C(CCCc1ccc(-c2ccc(Cl)cc2)cc1)c1ccc(CN2CCCC2)cc1. The molecule has 4 rings (SSSR count). The molecule has 1 aliphatic heterocycles. The third-order valence-electron chi connectivity index (χ3n) is 5.88. The number of hydrogen-bond acceptors (Lipinski definition) is 2. The Morgan fingerprint density at radius 3 is 1.97 bits per heavy atom. The second-order valence-electron chi connectivity index (χ2n) is 8.16. The molecule has 3 heteroatoms. The molecule has 0 unspecified atom stereocenters. The van der Waals surface area contributed by atoms with Crippen LogP contribution in [0.4, 0.5) is 0 Å². The highest BCUT2D eigenvalue weighted by Gasteiger charge is 2.12. The van der Waals surface area contributed by atoms with Gasteiger partial charge in [0.05, 0.1) is 0 Å². The molecule has 1 saturated heterocycles. The maximum Gasteiger partial charge on any atom is 0.162 e. The van der Waals surface area contributed by atoms with Crippen LogP contribution in [-0.4, -0.2) is 23.8 Å². The Labute approximate surface area is 184 Å². The lowest BCUT2D eigenvalue weighted by molar-refractivity contribution is 0.0980. The van der Waals surface area contributed by atoms with E-state index in [0.29, 0.717) is 6.42 Å². The highest BCUT2D eigenvalue weighted by atomic mass is 35.5. The first-order valence-corrected chi connectivity index (χ1v) is 11.2. The number of Topliss-reactive ketones (excluding diaryl/α,β-unsaturated/α-hetero) is 1. The fraction of sp³-hybridized carbons (Fsp3) is 0.296. The molecule has 3 aromatic rings. The van der Waals surface area contributed by atoms with Crippen LogP contribution in [0.3, 0.4) is 0 Å². The Hall–Kier alpha value is -2.42. The number of ketones is 1. The Kier molecular flexibility index (Phi) is 6.99. The van der Waals surface area contributed by atoms with Crippen molar-refractivity contribution in [2.75, 3.05) is 13.1 Å². The fourth-order valence-electron chi connectivity index (χ4n) is 4.10. The molecule has 1 aliphatic rings. The molecule has 30 heavy (non-hydrogen) atoms. The normalized spacial score (nSPS) is 14.2. The Morgan fingerprint density at radius 2 is 1.33 bits per heavy atom. The predicted molar refractivity (Wildman–Crippen MR) is 125 cm³/mol. The maximum atomic E-state index is 12.5. The summed E-state index contributed by atoms with van der Waals surface area (Å²) in [6, 6.07) is 24.7. The minimum atomic E-state index is 0.237. The molecule has 0 aliphatic carbocycles. The first-order valence-electron chi connectivity index (χ1n) is 10.9. The number of benzene rings is 3. The van der Waals surface area contributed by atoms with Gasteiger partial charge in [-0.05, 0) is 73.2 Å². The van der Waals surface area contributed by atoms with Gasteiger partial charge in [0.1, 0.15) is 0 Å². The van der Waals surface area contributed by atoms with Gasteiger partial charge in [0.15, 0.2) is 5.78 Å². The molecule has 1 fully saturated rings. The topological polar surface area (TPSA) is 20.3 Å². The first kappa shape index (κ1) is 20.8. The van der Waals surface area contributed by atoms with Gasteiger partial charge in [-0.1, -0.05) is 72.3 Å². The van der Waals surface area contributed by atoms with Crippen molar-refractivity contribution in [3.8, 4) is 11.1 Å². The van der Waals surface area contributed by atoms with Crippen molar-refractivity contribution in [3.05, 3.63) is 94.5 Å². The minimum absolute atomic E-state index is 0.237. The second kappa shape index (κ2) is 10.1. The maximum absolute atomic E-state index is 12.5. The number of halogens is 1. The van der Waals surface area contributed by atoms with Crippen LogP contribution < -0.4 is 0 Å². The van der Waals surface area contributed by atoms with Crippen molar-refractivity contribution in [2.45, 2.75) is 38.6 Å². The molecule has 0 atom stereocenters. The van der Waals surface area contributed by atoms with E-state index < -0.39 is 0 Å². The number of likely N-dealkylation sites (tertiary alicyclic amines) is 1. The summed E-state index contributed by atoms with van der Waals surface area (Å²) < 4.78 is 0. The summed E-state index contributed by atoms with van der Waals surface area (Å²) in [4.78, 5) is 15.0. The van der Waals surface area contributed by atoms with E-state index in [1.54, 1.807) is 0 Å². The van der Waals surface area contributed by atoms with Crippen LogP contribution in [0.2, 0.25) is 5.02 Å². The van der Waals surface area contributed by atoms with Gasteiger partial charge in [0.2, 0.25) is 0 Å². The van der Waals surface area contributed by atoms with Crippen LogP contribution in [0.5, 0.6) is 0 Å². The van der Waals surface area contributed by atoms with Crippen LogP contribution in [0.25, 0.3) is 11.1 Å². The lowest BCUT2D eigenvalue weighted by atomic mass is 9.99. The second-order valence-corrected chi connectivity index (χ2v) is 8.60. The van der Waals surface area contributed by atoms with Crippen molar-refractivity contribution in [1.29, 1.82) is 0 Å². The highest BCUT2D eigenvalue weighted by Crippen LogP contribution is 2.22. The molecule has 3 aromatic carbocycles. The summed E-state index contributed by atoms with van der Waals surface area (Å²) in [7, 11) is 0. The fourth-order valence-corrected chi connectivity index (χ4v) is 4.22. The molecule has 0 N–H and O–H groups in total. The molecule has 0 bridgehead atoms. The number of carbonyl (C=O) groups is 1. The van der Waals surface area contributed by atoms with E-state index in [4.69, 9.17) is 11.6 Å². The zero-order valence-corrected chi connectivity index (χ0v) is 18.1. The average Bonchev–Trinajstić information content (AvgIpc) is 3.28. The standard InChI is InChI=1S/C27H28ClNO/c28-26-16-14-24(15-17-26)23-10-6-21(7-11-23)4-3-5-27(30)25-12-8-22(9-13-25)20-29-18-1-2-19-29/h6-17H,1-5,18-20H2. The average molecular weight is 418 g/mol. The molecule has 0 radical (unpaired) electrons. The molecule has 2 nitrogen and oxygen atoms in total. The summed E-state index contributed by atoms with van der Waals surface area (Å²) >= 11 is 5.96. The van der Waals surface area contributed by atoms with Crippen molar-refractivity contribution in [1.82, 2.24) is 4.90 Å². The Bertz CT molecular complexity index is 955. The van der Waals surface area contributed by atoms with E-state index in [1.807, 2.05) is 36.4 Å². The number of rotatable bonds is 8. The van der Waals surface area contributed by atoms with E-state index in [-0.39, 0.29) is 5.78 Å². The highest BCUT2D eigenvalue weighted by molar-refractivity contribution is 6.30. The van der Waals surface area contributed by atoms with E-state index in [0.717, 1.165) is 35.5 Å². The molecule has 1 heterocycles. The summed E-state index contributed by atoms with van der Waals surface area (Å²) in [5.41, 5.74) is 5.74. The van der Waals surface area contributed by atoms with E-state index in [1.165, 1.54) is 42.6 Å². The zero-order chi connectivity index (χ0) is 20.8. The Morgan fingerprint density at radius 1 is 0.767 bits per heavy atom. The lowest BCUT2D eigenvalue weighted by Crippen LogP contribution is -2.18. The van der Waals surface area contributed by atoms with Gasteiger partial charge >= 0.3 is 0 Å². The van der Waals surface area contributed by atoms with Crippen molar-refractivity contribution >= 4 is 17.4 Å². The zero-order valence-electron chi connectivity index (χ0n) is 17.3. The van der Waals surface area contributed by atoms with Crippen LogP contribution in [-0.2, 0) is 13.0 Å². The van der Waals surface area contributed by atoms with Gasteiger partial charge in [-0.15, -0.1) is 0 Å². The van der Waals surface area contributed by atoms with Crippen LogP contribution in [0.1, 0.15) is 47.2 Å². The minimum Gasteiger partial charge on any atom is -0.299 e. The first-order chi connectivity index (χ1) is 14.7. The van der Waals surface area contributed by atoms with Gasteiger partial charge in [-0.2, -0.15) is 0 Å². The smallest absolute Gasteiger partial charge is 0.162 e. The summed E-state index contributed by atoms with van der Waals surface area (Å²) in [6.45, 7) is 3.39.